The van der Waals surface area contributed by atoms with Crippen LogP contribution in [0.2, 0.25) is 0 Å². The Morgan fingerprint density at radius 3 is 1.57 bits per heavy atom. The lowest BCUT2D eigenvalue weighted by Gasteiger charge is -2.26. The molecule has 0 saturated carbocycles. The Balaban J connectivity index is 1.04. The van der Waals surface area contributed by atoms with Crippen molar-refractivity contribution < 1.29 is 0 Å². The average Bonchev–Trinajstić information content (AvgIpc) is 3.20. The topological polar surface area (TPSA) is 3.24 Å². The molecule has 0 heterocycles. The van der Waals surface area contributed by atoms with Gasteiger partial charge in [0.05, 0.1) is 0 Å². The molecule has 0 spiro atoms. The lowest BCUT2D eigenvalue weighted by Crippen LogP contribution is -2.09. The zero-order chi connectivity index (χ0) is 34.0. The molecule has 0 N–H and O–H groups in total. The van der Waals surface area contributed by atoms with Crippen LogP contribution in [0.15, 0.2) is 194 Å². The van der Waals surface area contributed by atoms with Gasteiger partial charge in [-0.05, 0) is 108 Å². The fraction of sp³-hybridized carbons (Fsp3) is 0. The second-order valence-electron chi connectivity index (χ2n) is 13.0. The summed E-state index contributed by atoms with van der Waals surface area (Å²) >= 11 is 0. The molecule has 51 heavy (non-hydrogen) atoms. The second-order valence-corrected chi connectivity index (χ2v) is 13.0. The monoisotopic (exact) mass is 649 g/mol. The van der Waals surface area contributed by atoms with Crippen LogP contribution in [-0.4, -0.2) is 0 Å². The van der Waals surface area contributed by atoms with Gasteiger partial charge in [-0.2, -0.15) is 0 Å². The SMILES string of the molecule is C(=Cc1ccc2ccc3cccc4ccc1c2c34)c1ccc(N(c2ccccc2)c2ccc(C(=Cc3ccccc3)c3ccccc3)cc2)cc1. The van der Waals surface area contributed by atoms with Crippen molar-refractivity contribution in [3.8, 4) is 0 Å². The summed E-state index contributed by atoms with van der Waals surface area (Å²) in [7, 11) is 0. The quantitative estimate of drug-likeness (QED) is 0.117. The maximum absolute atomic E-state index is 2.32. The number of rotatable bonds is 8. The van der Waals surface area contributed by atoms with E-state index < -0.39 is 0 Å². The van der Waals surface area contributed by atoms with Crippen molar-refractivity contribution >= 4 is 73.2 Å². The van der Waals surface area contributed by atoms with E-state index in [2.05, 4.69) is 217 Å². The van der Waals surface area contributed by atoms with E-state index in [4.69, 9.17) is 0 Å². The minimum Gasteiger partial charge on any atom is -0.311 e. The highest BCUT2D eigenvalue weighted by atomic mass is 15.1. The molecule has 9 aromatic rings. The summed E-state index contributed by atoms with van der Waals surface area (Å²) in [6.07, 6.45) is 6.75. The van der Waals surface area contributed by atoms with Gasteiger partial charge in [-0.3, -0.25) is 0 Å². The summed E-state index contributed by atoms with van der Waals surface area (Å²) in [6.45, 7) is 0. The molecular weight excluding hydrogens is 615 g/mol. The first-order valence-corrected chi connectivity index (χ1v) is 17.5. The molecule has 0 aliphatic heterocycles. The molecule has 0 atom stereocenters. The Morgan fingerprint density at radius 2 is 0.882 bits per heavy atom. The van der Waals surface area contributed by atoms with Gasteiger partial charge in [0.25, 0.3) is 0 Å². The first kappa shape index (κ1) is 30.4. The van der Waals surface area contributed by atoms with Crippen molar-refractivity contribution in [1.82, 2.24) is 0 Å². The molecule has 0 unspecified atom stereocenters. The lowest BCUT2D eigenvalue weighted by molar-refractivity contribution is 1.28. The number of anilines is 3. The van der Waals surface area contributed by atoms with Crippen LogP contribution in [-0.2, 0) is 0 Å². The van der Waals surface area contributed by atoms with E-state index in [1.54, 1.807) is 0 Å². The molecule has 0 fully saturated rings. The third-order valence-electron chi connectivity index (χ3n) is 9.82. The van der Waals surface area contributed by atoms with Crippen molar-refractivity contribution in [2.75, 3.05) is 4.90 Å². The molecule has 0 bridgehead atoms. The van der Waals surface area contributed by atoms with Crippen molar-refractivity contribution in [1.29, 1.82) is 0 Å². The van der Waals surface area contributed by atoms with Crippen LogP contribution < -0.4 is 4.90 Å². The van der Waals surface area contributed by atoms with Crippen LogP contribution in [0, 0.1) is 0 Å². The van der Waals surface area contributed by atoms with Crippen molar-refractivity contribution in [2.45, 2.75) is 0 Å². The molecule has 0 aliphatic rings. The number of benzene rings is 9. The Morgan fingerprint density at radius 1 is 0.353 bits per heavy atom. The first-order valence-electron chi connectivity index (χ1n) is 17.5. The van der Waals surface area contributed by atoms with Crippen molar-refractivity contribution in [2.24, 2.45) is 0 Å². The van der Waals surface area contributed by atoms with Crippen molar-refractivity contribution in [3.63, 3.8) is 0 Å². The Hall–Kier alpha value is -6.70. The normalized spacial score (nSPS) is 12.0. The molecule has 9 rings (SSSR count). The minimum atomic E-state index is 1.11. The predicted molar refractivity (Wildman–Crippen MR) is 220 cm³/mol. The molecular formula is C50H35N. The van der Waals surface area contributed by atoms with Crippen LogP contribution in [0.3, 0.4) is 0 Å². The fourth-order valence-electron chi connectivity index (χ4n) is 7.31. The fourth-order valence-corrected chi connectivity index (χ4v) is 7.31. The highest BCUT2D eigenvalue weighted by Crippen LogP contribution is 2.38. The highest BCUT2D eigenvalue weighted by molar-refractivity contribution is 6.24. The number of hydrogen-bond donors (Lipinski definition) is 0. The van der Waals surface area contributed by atoms with Gasteiger partial charge < -0.3 is 4.90 Å². The van der Waals surface area contributed by atoms with Gasteiger partial charge in [-0.25, -0.2) is 0 Å². The maximum atomic E-state index is 2.32. The zero-order valence-corrected chi connectivity index (χ0v) is 28.2. The molecule has 0 aliphatic carbocycles. The molecule has 1 heteroatoms. The van der Waals surface area contributed by atoms with Crippen LogP contribution in [0.25, 0.3) is 56.1 Å². The number of hydrogen-bond acceptors (Lipinski definition) is 1. The molecule has 0 amide bonds. The van der Waals surface area contributed by atoms with Gasteiger partial charge in [-0.1, -0.05) is 170 Å². The summed E-state index contributed by atoms with van der Waals surface area (Å²) in [5.41, 5.74) is 10.5. The van der Waals surface area contributed by atoms with E-state index in [0.29, 0.717) is 0 Å². The van der Waals surface area contributed by atoms with Gasteiger partial charge in [0.15, 0.2) is 0 Å². The van der Waals surface area contributed by atoms with Gasteiger partial charge in [0.2, 0.25) is 0 Å². The average molecular weight is 650 g/mol. The Bertz CT molecular complexity index is 2620. The summed E-state index contributed by atoms with van der Waals surface area (Å²) in [5, 5.41) is 7.86. The van der Waals surface area contributed by atoms with E-state index in [1.165, 1.54) is 60.1 Å². The molecule has 9 aromatic carbocycles. The van der Waals surface area contributed by atoms with Gasteiger partial charge in [-0.15, -0.1) is 0 Å². The third kappa shape index (κ3) is 5.96. The van der Waals surface area contributed by atoms with Crippen LogP contribution in [0.5, 0.6) is 0 Å². The standard InChI is InChI=1S/C50H35N/c1-4-11-37(12-5-1)35-48(38-13-6-2-7-14-38)40-27-32-46(33-28-40)51(44-17-8-3-9-18-44)45-30-20-36(21-31-45)19-22-39-23-24-43-26-25-41-15-10-16-42-29-34-47(39)50(43)49(41)42/h1-35H. The van der Waals surface area contributed by atoms with Gasteiger partial charge in [0.1, 0.15) is 0 Å². The highest BCUT2D eigenvalue weighted by Gasteiger charge is 2.14. The Kier molecular flexibility index (Phi) is 7.92. The van der Waals surface area contributed by atoms with E-state index in [1.807, 2.05) is 0 Å². The molecule has 1 nitrogen and oxygen atoms in total. The van der Waals surface area contributed by atoms with E-state index in [0.717, 1.165) is 22.6 Å². The Labute approximate surface area is 299 Å². The summed E-state index contributed by atoms with van der Waals surface area (Å²) < 4.78 is 0. The maximum Gasteiger partial charge on any atom is 0.0462 e. The second kappa shape index (κ2) is 13.3. The van der Waals surface area contributed by atoms with Crippen molar-refractivity contribution in [3.05, 3.63) is 222 Å². The minimum absolute atomic E-state index is 1.11. The van der Waals surface area contributed by atoms with Crippen LogP contribution in [0.4, 0.5) is 17.1 Å². The lowest BCUT2D eigenvalue weighted by atomic mass is 9.92. The van der Waals surface area contributed by atoms with Crippen LogP contribution >= 0.6 is 0 Å². The van der Waals surface area contributed by atoms with E-state index in [-0.39, 0.29) is 0 Å². The molecule has 240 valence electrons. The summed E-state index contributed by atoms with van der Waals surface area (Å²) in [5.74, 6) is 0. The smallest absolute Gasteiger partial charge is 0.0462 e. The first-order chi connectivity index (χ1) is 25.3. The summed E-state index contributed by atoms with van der Waals surface area (Å²) in [4.78, 5) is 2.32. The predicted octanol–water partition coefficient (Wildman–Crippen LogP) is 13.8. The summed E-state index contributed by atoms with van der Waals surface area (Å²) in [6, 6.07) is 69.6. The third-order valence-corrected chi connectivity index (χ3v) is 9.82. The van der Waals surface area contributed by atoms with Crippen LogP contribution in [0.1, 0.15) is 27.8 Å². The van der Waals surface area contributed by atoms with Gasteiger partial charge in [0, 0.05) is 17.1 Å². The zero-order valence-electron chi connectivity index (χ0n) is 28.2. The largest absolute Gasteiger partial charge is 0.311 e. The number of para-hydroxylation sites is 1. The molecule has 0 aromatic heterocycles. The number of nitrogens with zero attached hydrogens (tertiary/aromatic N) is 1. The van der Waals surface area contributed by atoms with Gasteiger partial charge >= 0.3 is 0 Å². The van der Waals surface area contributed by atoms with E-state index in [9.17, 15) is 0 Å². The molecule has 0 saturated heterocycles. The van der Waals surface area contributed by atoms with E-state index >= 15 is 0 Å². The molecule has 0 radical (unpaired) electrons.